The van der Waals surface area contributed by atoms with Gasteiger partial charge >= 0.3 is 11.9 Å². The van der Waals surface area contributed by atoms with Gasteiger partial charge in [-0.1, -0.05) is 79.9 Å². The lowest BCUT2D eigenvalue weighted by Gasteiger charge is -2.11. The van der Waals surface area contributed by atoms with Crippen molar-refractivity contribution in [3.63, 3.8) is 0 Å². The van der Waals surface area contributed by atoms with Crippen molar-refractivity contribution in [2.45, 2.75) is 48.5 Å². The predicted octanol–water partition coefficient (Wildman–Crippen LogP) is 14.0. The molecule has 0 spiro atoms. The molecule has 0 amide bonds. The van der Waals surface area contributed by atoms with Gasteiger partial charge in [-0.2, -0.15) is 0 Å². The molecule has 75 heavy (non-hydrogen) atoms. The van der Waals surface area contributed by atoms with Crippen LogP contribution in [0.1, 0.15) is 60.1 Å². The number of methoxy groups -OCH3 is 5. The molecule has 0 fully saturated rings. The number of hydrogen-bond donors (Lipinski definition) is 2. The number of aryl methyl sites for hydroxylation is 7. The van der Waals surface area contributed by atoms with Crippen molar-refractivity contribution in [3.8, 4) is 96.1 Å². The average molecular weight is 1080 g/mol. The fourth-order valence-electron chi connectivity index (χ4n) is 8.48. The van der Waals surface area contributed by atoms with Crippen LogP contribution in [0.3, 0.4) is 0 Å². The number of carbonyl (C=O) groups excluding carboxylic acids is 2. The van der Waals surface area contributed by atoms with E-state index >= 15 is 0 Å². The molecule has 386 valence electrons. The van der Waals surface area contributed by atoms with Crippen LogP contribution in [-0.4, -0.2) is 73.2 Å². The van der Waals surface area contributed by atoms with Crippen LogP contribution < -0.4 is 14.2 Å². The lowest BCUT2D eigenvalue weighted by Crippen LogP contribution is -2.05. The van der Waals surface area contributed by atoms with E-state index in [1.54, 1.807) is 40.4 Å². The number of benzene rings is 6. The van der Waals surface area contributed by atoms with Crippen LogP contribution in [0.5, 0.6) is 28.7 Å². The molecule has 9 rings (SSSR count). The molecular weight excluding hydrogens is 1020 g/mol. The number of halogens is 1. The number of aromatic nitrogens is 3. The highest BCUT2D eigenvalue weighted by Crippen LogP contribution is 2.43. The molecule has 0 aliphatic carbocycles. The van der Waals surface area contributed by atoms with Gasteiger partial charge in [-0.15, -0.1) is 0 Å². The molecule has 3 heterocycles. The Labute approximate surface area is 442 Å². The van der Waals surface area contributed by atoms with Crippen molar-refractivity contribution in [1.29, 1.82) is 0 Å². The molecule has 0 unspecified atom stereocenters. The maximum atomic E-state index is 12.1. The largest absolute Gasteiger partial charge is 0.507 e. The Morgan fingerprint density at radius 2 is 0.773 bits per heavy atom. The smallest absolute Gasteiger partial charge is 0.341 e. The van der Waals surface area contributed by atoms with Crippen LogP contribution in [0, 0.1) is 48.5 Å². The van der Waals surface area contributed by atoms with Crippen LogP contribution >= 0.6 is 15.9 Å². The van der Waals surface area contributed by atoms with Crippen molar-refractivity contribution in [3.05, 3.63) is 164 Å². The monoisotopic (exact) mass is 1080 g/mol. The van der Waals surface area contributed by atoms with Crippen molar-refractivity contribution < 1.29 is 57.1 Å². The fourth-order valence-corrected chi connectivity index (χ4v) is 8.83. The first-order chi connectivity index (χ1) is 35.9. The minimum absolute atomic E-state index is 0.0879. The number of aromatic hydroxyl groups is 2. The lowest BCUT2D eigenvalue weighted by atomic mass is 9.94. The number of phenolic OH excluding ortho intramolecular Hbond substituents is 2. The SMILES string of the molecule is COC(=O)c1cc(-c2onc(C)c2-c2ccc(OC)cc2)c(C)cc1C.COC(=O)c1cc(-c2onc(C)c2-c2ccc(OC)cc2)c(O)cc1O.COc1ccc(-c2c(C)noc2-c2cc(Br)c(C)cc2C)cc1. The van der Waals surface area contributed by atoms with Gasteiger partial charge in [0.15, 0.2) is 17.3 Å². The van der Waals surface area contributed by atoms with Gasteiger partial charge < -0.3 is 47.5 Å². The summed E-state index contributed by atoms with van der Waals surface area (Å²) < 4.78 is 43.0. The summed E-state index contributed by atoms with van der Waals surface area (Å²) in [6, 6.07) is 33.3. The van der Waals surface area contributed by atoms with E-state index in [2.05, 4.69) is 62.1 Å². The summed E-state index contributed by atoms with van der Waals surface area (Å²) in [6.07, 6.45) is 0. The molecule has 0 saturated carbocycles. The maximum Gasteiger partial charge on any atom is 0.341 e. The van der Waals surface area contributed by atoms with Gasteiger partial charge in [0, 0.05) is 21.7 Å². The van der Waals surface area contributed by atoms with Gasteiger partial charge in [-0.05, 0) is 142 Å². The van der Waals surface area contributed by atoms with Crippen LogP contribution in [0.25, 0.3) is 67.4 Å². The zero-order chi connectivity index (χ0) is 54.2. The molecule has 6 aromatic carbocycles. The van der Waals surface area contributed by atoms with E-state index in [-0.39, 0.29) is 34.4 Å². The quantitative estimate of drug-likeness (QED) is 0.116. The second-order valence-electron chi connectivity index (χ2n) is 17.4. The predicted molar refractivity (Wildman–Crippen MR) is 289 cm³/mol. The highest BCUT2D eigenvalue weighted by Gasteiger charge is 2.25. The molecule has 15 nitrogen and oxygen atoms in total. The van der Waals surface area contributed by atoms with Gasteiger partial charge in [0.1, 0.15) is 34.3 Å². The van der Waals surface area contributed by atoms with Crippen molar-refractivity contribution in [2.75, 3.05) is 35.5 Å². The minimum Gasteiger partial charge on any atom is -0.507 e. The number of ether oxygens (including phenoxy) is 5. The van der Waals surface area contributed by atoms with Crippen molar-refractivity contribution in [2.24, 2.45) is 0 Å². The molecule has 0 aliphatic heterocycles. The summed E-state index contributed by atoms with van der Waals surface area (Å²) >= 11 is 3.61. The first-order valence-electron chi connectivity index (χ1n) is 23.4. The number of hydrogen-bond acceptors (Lipinski definition) is 15. The Balaban J connectivity index is 0.000000164. The number of esters is 2. The van der Waals surface area contributed by atoms with Crippen LogP contribution in [0.2, 0.25) is 0 Å². The Kier molecular flexibility index (Phi) is 17.0. The molecular formula is C59H56BrN3O12. The molecule has 0 saturated heterocycles. The van der Waals surface area contributed by atoms with E-state index < -0.39 is 5.97 Å². The third-order valence-corrected chi connectivity index (χ3v) is 13.3. The molecule has 3 aromatic heterocycles. The van der Waals surface area contributed by atoms with E-state index in [0.717, 1.165) is 94.8 Å². The van der Waals surface area contributed by atoms with Crippen LogP contribution in [0.15, 0.2) is 127 Å². The third-order valence-electron chi connectivity index (χ3n) is 12.5. The highest BCUT2D eigenvalue weighted by molar-refractivity contribution is 9.10. The third kappa shape index (κ3) is 11.6. The summed E-state index contributed by atoms with van der Waals surface area (Å²) in [6.45, 7) is 13.7. The molecule has 0 bridgehead atoms. The average Bonchev–Trinajstić information content (AvgIpc) is 4.12. The van der Waals surface area contributed by atoms with Gasteiger partial charge in [-0.25, -0.2) is 9.59 Å². The lowest BCUT2D eigenvalue weighted by molar-refractivity contribution is 0.0589. The van der Waals surface area contributed by atoms with Gasteiger partial charge in [0.25, 0.3) is 0 Å². The topological polar surface area (TPSA) is 199 Å². The summed E-state index contributed by atoms with van der Waals surface area (Å²) in [4.78, 5) is 23.9. The first kappa shape index (κ1) is 54.2. The highest BCUT2D eigenvalue weighted by atomic mass is 79.9. The number of carbonyl (C=O) groups is 2. The Bertz CT molecular complexity index is 3340. The standard InChI is InChI=1S/C21H21NO4.C19H18BrNO2.C19H17NO6/c1-12-10-13(2)18(21(23)25-5)11-17(12)20-19(14(3)22-26-20)15-6-8-16(24-4)9-7-15;1-11-9-12(2)17(20)10-16(11)19-18(13(3)21-23-19)14-5-7-15(22-4)8-6-14;1-10-17(11-4-6-12(24-2)7-5-11)18(26-20-10)13-8-14(19(23)25-3)16(22)9-15(13)21/h6-11H,1-5H3;5-10H,1-4H3;4-9,21-22H,1-3H3. The fraction of sp³-hybridized carbons (Fsp3) is 0.203. The van der Waals surface area contributed by atoms with Crippen LogP contribution in [-0.2, 0) is 9.47 Å². The summed E-state index contributed by atoms with van der Waals surface area (Å²) in [5.74, 6) is 2.28. The zero-order valence-corrected chi connectivity index (χ0v) is 45.2. The van der Waals surface area contributed by atoms with Gasteiger partial charge in [0.2, 0.25) is 0 Å². The molecule has 0 atom stereocenters. The maximum absolute atomic E-state index is 12.1. The molecule has 0 aliphatic rings. The van der Waals surface area contributed by atoms with Crippen LogP contribution in [0.4, 0.5) is 0 Å². The normalized spacial score (nSPS) is 10.7. The second-order valence-corrected chi connectivity index (χ2v) is 18.2. The number of phenols is 2. The molecule has 2 N–H and O–H groups in total. The Morgan fingerprint density at radius 1 is 0.427 bits per heavy atom. The van der Waals surface area contributed by atoms with E-state index in [4.69, 9.17) is 32.5 Å². The zero-order valence-electron chi connectivity index (χ0n) is 43.6. The van der Waals surface area contributed by atoms with E-state index in [1.165, 1.54) is 25.8 Å². The number of nitrogens with zero attached hydrogens (tertiary/aromatic N) is 3. The summed E-state index contributed by atoms with van der Waals surface area (Å²) in [5, 5.41) is 32.5. The molecule has 0 radical (unpaired) electrons. The summed E-state index contributed by atoms with van der Waals surface area (Å²) in [7, 11) is 7.46. The Hall–Kier alpha value is -8.63. The number of rotatable bonds is 11. The van der Waals surface area contributed by atoms with Gasteiger partial charge in [0.05, 0.1) is 80.4 Å². The van der Waals surface area contributed by atoms with Crippen molar-refractivity contribution in [1.82, 2.24) is 15.5 Å². The van der Waals surface area contributed by atoms with E-state index in [9.17, 15) is 19.8 Å². The van der Waals surface area contributed by atoms with Crippen molar-refractivity contribution >= 4 is 27.9 Å². The van der Waals surface area contributed by atoms with Gasteiger partial charge in [-0.3, -0.25) is 0 Å². The molecule has 9 aromatic rings. The second kappa shape index (κ2) is 23.5. The molecule has 16 heteroatoms. The van der Waals surface area contributed by atoms with E-state index in [0.29, 0.717) is 28.3 Å². The Morgan fingerprint density at radius 3 is 1.16 bits per heavy atom. The first-order valence-corrected chi connectivity index (χ1v) is 24.2. The minimum atomic E-state index is -0.731. The van der Waals surface area contributed by atoms with E-state index in [1.807, 2.05) is 100 Å². The summed E-state index contributed by atoms with van der Waals surface area (Å²) in [5.41, 5.74) is 14.4.